The Morgan fingerprint density at radius 3 is 2.42 bits per heavy atom. The van der Waals surface area contributed by atoms with Crippen LogP contribution in [0, 0.1) is 0 Å². The average Bonchev–Trinajstić information content (AvgIpc) is 2.61. The molecule has 0 amide bonds. The van der Waals surface area contributed by atoms with Gasteiger partial charge in [-0.1, -0.05) is 26.0 Å². The highest BCUT2D eigenvalue weighted by Crippen LogP contribution is 2.09. The minimum absolute atomic E-state index is 0.155. The van der Waals surface area contributed by atoms with E-state index in [2.05, 4.69) is 0 Å². The zero-order valence-corrected chi connectivity index (χ0v) is 14.2. The lowest BCUT2D eigenvalue weighted by Crippen LogP contribution is -2.22. The zero-order chi connectivity index (χ0) is 17.4. The fourth-order valence-corrected chi connectivity index (χ4v) is 2.18. The lowest BCUT2D eigenvalue weighted by Gasteiger charge is -2.09. The van der Waals surface area contributed by atoms with Crippen molar-refractivity contribution >= 4 is 5.97 Å². The van der Waals surface area contributed by atoms with Crippen molar-refractivity contribution in [2.24, 2.45) is 0 Å². The van der Waals surface area contributed by atoms with Crippen molar-refractivity contribution in [3.8, 4) is 5.75 Å². The lowest BCUT2D eigenvalue weighted by atomic mass is 10.1. The predicted octanol–water partition coefficient (Wildman–Crippen LogP) is 3.25. The Bertz CT molecular complexity index is 719. The third kappa shape index (κ3) is 4.72. The van der Waals surface area contributed by atoms with Crippen LogP contribution < -0.4 is 10.3 Å². The molecule has 5 nitrogen and oxygen atoms in total. The van der Waals surface area contributed by atoms with Gasteiger partial charge in [0.15, 0.2) is 5.75 Å². The Balaban J connectivity index is 2.09. The number of nitrogens with zero attached hydrogens (tertiary/aromatic N) is 1. The van der Waals surface area contributed by atoms with Gasteiger partial charge < -0.3 is 14.0 Å². The van der Waals surface area contributed by atoms with E-state index < -0.39 is 0 Å². The molecule has 0 N–H and O–H groups in total. The van der Waals surface area contributed by atoms with E-state index in [1.54, 1.807) is 35.0 Å². The van der Waals surface area contributed by atoms with Gasteiger partial charge in [-0.3, -0.25) is 4.79 Å². The summed E-state index contributed by atoms with van der Waals surface area (Å²) in [5.41, 5.74) is 1.29. The Kier molecular flexibility index (Phi) is 6.61. The van der Waals surface area contributed by atoms with Crippen LogP contribution in [0.25, 0.3) is 0 Å². The van der Waals surface area contributed by atoms with E-state index in [1.165, 1.54) is 0 Å². The third-order valence-electron chi connectivity index (χ3n) is 3.43. The highest BCUT2D eigenvalue weighted by Gasteiger charge is 2.08. The number of rotatable bonds is 8. The van der Waals surface area contributed by atoms with Gasteiger partial charge in [0, 0.05) is 6.20 Å². The number of pyridine rings is 1. The molecule has 1 aromatic carbocycles. The van der Waals surface area contributed by atoms with Crippen LogP contribution in [0.2, 0.25) is 0 Å². The topological polar surface area (TPSA) is 57.5 Å². The molecule has 0 aliphatic carbocycles. The number of carbonyl (C=O) groups excluding carboxylic acids is 1. The first-order valence-corrected chi connectivity index (χ1v) is 8.24. The van der Waals surface area contributed by atoms with Gasteiger partial charge in [-0.05, 0) is 42.7 Å². The van der Waals surface area contributed by atoms with E-state index in [9.17, 15) is 9.59 Å². The van der Waals surface area contributed by atoms with Gasteiger partial charge in [0.25, 0.3) is 5.56 Å². The molecular formula is C19H23NO4. The second-order valence-corrected chi connectivity index (χ2v) is 5.49. The molecule has 5 heteroatoms. The first-order chi connectivity index (χ1) is 11.7. The lowest BCUT2D eigenvalue weighted by molar-refractivity contribution is 0.0505. The van der Waals surface area contributed by atoms with Gasteiger partial charge in [0.2, 0.25) is 0 Å². The van der Waals surface area contributed by atoms with Crippen molar-refractivity contribution in [1.82, 2.24) is 4.57 Å². The van der Waals surface area contributed by atoms with Crippen molar-refractivity contribution in [3.63, 3.8) is 0 Å². The molecular weight excluding hydrogens is 306 g/mol. The summed E-state index contributed by atoms with van der Waals surface area (Å²) in [5.74, 6) is 0.0367. The summed E-state index contributed by atoms with van der Waals surface area (Å²) in [6.07, 6.45) is 3.37. The Labute approximate surface area is 141 Å². The SMILES string of the molecule is CCCOC(=O)c1ccc(Cn2cccc(OCCC)c2=O)cc1. The molecule has 0 spiro atoms. The quantitative estimate of drug-likeness (QED) is 0.698. The molecule has 0 saturated carbocycles. The van der Waals surface area contributed by atoms with Gasteiger partial charge >= 0.3 is 5.97 Å². The minimum Gasteiger partial charge on any atom is -0.488 e. The van der Waals surface area contributed by atoms with Crippen LogP contribution in [0.5, 0.6) is 5.75 Å². The number of ether oxygens (including phenoxy) is 2. The minimum atomic E-state index is -0.324. The van der Waals surface area contributed by atoms with Crippen LogP contribution in [-0.4, -0.2) is 23.8 Å². The summed E-state index contributed by atoms with van der Waals surface area (Å²) in [6.45, 7) is 5.31. The largest absolute Gasteiger partial charge is 0.488 e. The molecule has 0 bridgehead atoms. The monoisotopic (exact) mass is 329 g/mol. The predicted molar refractivity (Wildman–Crippen MR) is 92.6 cm³/mol. The standard InChI is InChI=1S/C19H23NO4/c1-3-12-23-17-6-5-11-20(18(17)21)14-15-7-9-16(10-8-15)19(22)24-13-4-2/h5-11H,3-4,12-14H2,1-2H3. The Morgan fingerprint density at radius 2 is 1.75 bits per heavy atom. The van der Waals surface area contributed by atoms with E-state index in [-0.39, 0.29) is 11.5 Å². The maximum absolute atomic E-state index is 12.3. The molecule has 0 saturated heterocycles. The molecule has 128 valence electrons. The van der Waals surface area contributed by atoms with Crippen LogP contribution in [0.1, 0.15) is 42.6 Å². The Morgan fingerprint density at radius 1 is 1.04 bits per heavy atom. The average molecular weight is 329 g/mol. The van der Waals surface area contributed by atoms with Crippen molar-refractivity contribution in [3.05, 3.63) is 64.1 Å². The van der Waals surface area contributed by atoms with Crippen molar-refractivity contribution in [2.75, 3.05) is 13.2 Å². The van der Waals surface area contributed by atoms with Gasteiger partial charge in [-0.2, -0.15) is 0 Å². The number of carbonyl (C=O) groups is 1. The summed E-state index contributed by atoms with van der Waals surface area (Å²) in [4.78, 5) is 24.1. The molecule has 2 rings (SSSR count). The second-order valence-electron chi connectivity index (χ2n) is 5.49. The number of aromatic nitrogens is 1. The van der Waals surface area contributed by atoms with E-state index >= 15 is 0 Å². The molecule has 0 aliphatic rings. The maximum Gasteiger partial charge on any atom is 0.338 e. The molecule has 1 aromatic heterocycles. The summed E-state index contributed by atoms with van der Waals surface area (Å²) >= 11 is 0. The van der Waals surface area contributed by atoms with Gasteiger partial charge in [0.1, 0.15) is 0 Å². The summed E-state index contributed by atoms with van der Waals surface area (Å²) in [6, 6.07) is 10.6. The number of benzene rings is 1. The Hall–Kier alpha value is -2.56. The summed E-state index contributed by atoms with van der Waals surface area (Å²) in [5, 5.41) is 0. The van der Waals surface area contributed by atoms with Crippen molar-refractivity contribution < 1.29 is 14.3 Å². The zero-order valence-electron chi connectivity index (χ0n) is 14.2. The normalized spacial score (nSPS) is 10.4. The number of esters is 1. The highest BCUT2D eigenvalue weighted by molar-refractivity contribution is 5.89. The van der Waals surface area contributed by atoms with Crippen LogP contribution in [0.3, 0.4) is 0 Å². The van der Waals surface area contributed by atoms with Crippen LogP contribution >= 0.6 is 0 Å². The second kappa shape index (κ2) is 8.91. The third-order valence-corrected chi connectivity index (χ3v) is 3.43. The summed E-state index contributed by atoms with van der Waals surface area (Å²) < 4.78 is 12.1. The van der Waals surface area contributed by atoms with E-state index in [4.69, 9.17) is 9.47 Å². The molecule has 1 heterocycles. The van der Waals surface area contributed by atoms with Gasteiger partial charge in [-0.15, -0.1) is 0 Å². The van der Waals surface area contributed by atoms with Crippen LogP contribution in [0.15, 0.2) is 47.4 Å². The van der Waals surface area contributed by atoms with Crippen molar-refractivity contribution in [1.29, 1.82) is 0 Å². The molecule has 0 unspecified atom stereocenters. The van der Waals surface area contributed by atoms with Gasteiger partial charge in [0.05, 0.1) is 25.3 Å². The fourth-order valence-electron chi connectivity index (χ4n) is 2.18. The maximum atomic E-state index is 12.3. The van der Waals surface area contributed by atoms with E-state index in [0.29, 0.717) is 31.1 Å². The van der Waals surface area contributed by atoms with Crippen LogP contribution in [0.4, 0.5) is 0 Å². The number of hydrogen-bond acceptors (Lipinski definition) is 4. The fraction of sp³-hybridized carbons (Fsp3) is 0.368. The summed E-state index contributed by atoms with van der Waals surface area (Å²) in [7, 11) is 0. The number of hydrogen-bond donors (Lipinski definition) is 0. The van der Waals surface area contributed by atoms with E-state index in [0.717, 1.165) is 18.4 Å². The van der Waals surface area contributed by atoms with Crippen molar-refractivity contribution in [2.45, 2.75) is 33.2 Å². The molecule has 0 fully saturated rings. The molecule has 2 aromatic rings. The smallest absolute Gasteiger partial charge is 0.338 e. The van der Waals surface area contributed by atoms with E-state index in [1.807, 2.05) is 26.0 Å². The molecule has 0 atom stereocenters. The first kappa shape index (κ1) is 17.8. The molecule has 0 radical (unpaired) electrons. The molecule has 24 heavy (non-hydrogen) atoms. The van der Waals surface area contributed by atoms with Gasteiger partial charge in [-0.25, -0.2) is 4.79 Å². The van der Waals surface area contributed by atoms with Crippen LogP contribution in [-0.2, 0) is 11.3 Å². The first-order valence-electron chi connectivity index (χ1n) is 8.24. The molecule has 0 aliphatic heterocycles. The highest BCUT2D eigenvalue weighted by atomic mass is 16.5.